The predicted molar refractivity (Wildman–Crippen MR) is 68.9 cm³/mol. The minimum atomic E-state index is -3.42. The van der Waals surface area contributed by atoms with Gasteiger partial charge in [0.25, 0.3) is 0 Å². The summed E-state index contributed by atoms with van der Waals surface area (Å²) in [7, 11) is -3.42. The van der Waals surface area contributed by atoms with E-state index >= 15 is 0 Å². The minimum Gasteiger partial charge on any atom is -0.378 e. The number of morpholine rings is 1. The molecular formula is C11H22N2O4S. The molecule has 0 aromatic heterocycles. The van der Waals surface area contributed by atoms with Crippen LogP contribution in [0.15, 0.2) is 0 Å². The lowest BCUT2D eigenvalue weighted by Crippen LogP contribution is -2.47. The summed E-state index contributed by atoms with van der Waals surface area (Å²) >= 11 is 0. The van der Waals surface area contributed by atoms with Gasteiger partial charge in [0, 0.05) is 19.1 Å². The monoisotopic (exact) mass is 278 g/mol. The molecule has 0 spiro atoms. The van der Waals surface area contributed by atoms with Crippen molar-refractivity contribution < 1.29 is 17.9 Å². The van der Waals surface area contributed by atoms with Crippen LogP contribution in [0.5, 0.6) is 0 Å². The Balaban J connectivity index is 2.61. The molecule has 6 nitrogen and oxygen atoms in total. The molecule has 1 aliphatic heterocycles. The van der Waals surface area contributed by atoms with Crippen molar-refractivity contribution in [3.63, 3.8) is 0 Å². The Morgan fingerprint density at radius 3 is 2.39 bits per heavy atom. The molecule has 0 aliphatic carbocycles. The van der Waals surface area contributed by atoms with Crippen molar-refractivity contribution in [2.24, 2.45) is 5.73 Å². The van der Waals surface area contributed by atoms with E-state index in [1.165, 1.54) is 6.92 Å². The Labute approximate surface area is 108 Å². The number of ether oxygens (including phenoxy) is 1. The van der Waals surface area contributed by atoms with E-state index in [-0.39, 0.29) is 17.7 Å². The smallest absolute Gasteiger partial charge is 0.240 e. The third-order valence-electron chi connectivity index (χ3n) is 3.07. The van der Waals surface area contributed by atoms with Crippen LogP contribution in [0.3, 0.4) is 0 Å². The van der Waals surface area contributed by atoms with Crippen LogP contribution in [-0.2, 0) is 19.4 Å². The molecular weight excluding hydrogens is 256 g/mol. The highest BCUT2D eigenvalue weighted by atomic mass is 32.2. The first-order valence-electron chi connectivity index (χ1n) is 6.18. The zero-order valence-corrected chi connectivity index (χ0v) is 11.8. The van der Waals surface area contributed by atoms with Gasteiger partial charge in [-0.2, -0.15) is 0 Å². The standard InChI is InChI=1S/C11H22N2O4S/c1-9(12)3-8-18(15,16)10(2)11(14)13-4-6-17-7-5-13/h9-10H,3-8,12H2,1-2H3. The van der Waals surface area contributed by atoms with Crippen molar-refractivity contribution in [1.29, 1.82) is 0 Å². The minimum absolute atomic E-state index is 0.0398. The van der Waals surface area contributed by atoms with Gasteiger partial charge in [-0.15, -0.1) is 0 Å². The van der Waals surface area contributed by atoms with Crippen LogP contribution in [-0.4, -0.2) is 62.6 Å². The van der Waals surface area contributed by atoms with E-state index in [4.69, 9.17) is 10.5 Å². The topological polar surface area (TPSA) is 89.7 Å². The Morgan fingerprint density at radius 1 is 1.33 bits per heavy atom. The molecule has 2 N–H and O–H groups in total. The number of rotatable bonds is 5. The molecule has 1 saturated heterocycles. The first-order valence-corrected chi connectivity index (χ1v) is 7.90. The van der Waals surface area contributed by atoms with Gasteiger partial charge >= 0.3 is 0 Å². The molecule has 18 heavy (non-hydrogen) atoms. The van der Waals surface area contributed by atoms with Crippen molar-refractivity contribution >= 4 is 15.7 Å². The highest BCUT2D eigenvalue weighted by Crippen LogP contribution is 2.10. The van der Waals surface area contributed by atoms with E-state index in [9.17, 15) is 13.2 Å². The second kappa shape index (κ2) is 6.49. The van der Waals surface area contributed by atoms with Gasteiger partial charge in [0.05, 0.1) is 19.0 Å². The lowest BCUT2D eigenvalue weighted by molar-refractivity contribution is -0.134. The van der Waals surface area contributed by atoms with Gasteiger partial charge in [0.15, 0.2) is 9.84 Å². The summed E-state index contributed by atoms with van der Waals surface area (Å²) in [6.07, 6.45) is 0.378. The number of amides is 1. The Kier molecular flexibility index (Phi) is 5.55. The maximum absolute atomic E-state index is 12.0. The largest absolute Gasteiger partial charge is 0.378 e. The molecule has 0 saturated carbocycles. The zero-order chi connectivity index (χ0) is 13.8. The molecule has 1 fully saturated rings. The first kappa shape index (κ1) is 15.4. The van der Waals surface area contributed by atoms with E-state index in [2.05, 4.69) is 0 Å². The quantitative estimate of drug-likeness (QED) is 0.724. The van der Waals surface area contributed by atoms with Crippen LogP contribution < -0.4 is 5.73 Å². The second-order valence-corrected chi connectivity index (χ2v) is 7.15. The van der Waals surface area contributed by atoms with Crippen LogP contribution in [0.25, 0.3) is 0 Å². The highest BCUT2D eigenvalue weighted by Gasteiger charge is 2.32. The number of hydrogen-bond acceptors (Lipinski definition) is 5. The first-order chi connectivity index (χ1) is 8.34. The highest BCUT2D eigenvalue weighted by molar-refractivity contribution is 7.92. The molecule has 7 heteroatoms. The van der Waals surface area contributed by atoms with Crippen molar-refractivity contribution in [3.05, 3.63) is 0 Å². The molecule has 1 rings (SSSR count). The van der Waals surface area contributed by atoms with Gasteiger partial charge < -0.3 is 15.4 Å². The summed E-state index contributed by atoms with van der Waals surface area (Å²) in [4.78, 5) is 13.6. The van der Waals surface area contributed by atoms with Gasteiger partial charge in [-0.05, 0) is 20.3 Å². The van der Waals surface area contributed by atoms with E-state index in [1.807, 2.05) is 0 Å². The van der Waals surface area contributed by atoms with Crippen LogP contribution in [0.2, 0.25) is 0 Å². The fourth-order valence-electron chi connectivity index (χ4n) is 1.72. The maximum Gasteiger partial charge on any atom is 0.240 e. The number of sulfone groups is 1. The average molecular weight is 278 g/mol. The predicted octanol–water partition coefficient (Wildman–Crippen LogP) is -0.614. The van der Waals surface area contributed by atoms with Crippen molar-refractivity contribution in [2.75, 3.05) is 32.1 Å². The molecule has 0 bridgehead atoms. The van der Waals surface area contributed by atoms with Gasteiger partial charge in [-0.25, -0.2) is 8.42 Å². The summed E-state index contributed by atoms with van der Waals surface area (Å²) in [5.74, 6) is -0.370. The van der Waals surface area contributed by atoms with Crippen molar-refractivity contribution in [3.8, 4) is 0 Å². The lowest BCUT2D eigenvalue weighted by atomic mass is 10.3. The summed E-state index contributed by atoms with van der Waals surface area (Å²) < 4.78 is 29.1. The number of carbonyl (C=O) groups is 1. The summed E-state index contributed by atoms with van der Waals surface area (Å²) in [6, 6.07) is -0.175. The SMILES string of the molecule is CC(N)CCS(=O)(=O)C(C)C(=O)N1CCOCC1. The van der Waals surface area contributed by atoms with Crippen LogP contribution >= 0.6 is 0 Å². The second-order valence-electron chi connectivity index (χ2n) is 4.71. The van der Waals surface area contributed by atoms with Crippen LogP contribution in [0.4, 0.5) is 0 Å². The van der Waals surface area contributed by atoms with Gasteiger partial charge in [-0.3, -0.25) is 4.79 Å². The molecule has 1 amide bonds. The van der Waals surface area contributed by atoms with Crippen molar-refractivity contribution in [2.45, 2.75) is 31.6 Å². The van der Waals surface area contributed by atoms with Gasteiger partial charge in [-0.1, -0.05) is 0 Å². The molecule has 0 radical (unpaired) electrons. The summed E-state index contributed by atoms with van der Waals surface area (Å²) in [6.45, 7) is 5.08. The molecule has 1 aliphatic rings. The Hall–Kier alpha value is -0.660. The average Bonchev–Trinajstić information content (AvgIpc) is 2.36. The summed E-state index contributed by atoms with van der Waals surface area (Å²) in [5.41, 5.74) is 5.54. The maximum atomic E-state index is 12.0. The summed E-state index contributed by atoms with van der Waals surface area (Å²) in [5, 5.41) is -0.991. The molecule has 2 unspecified atom stereocenters. The lowest BCUT2D eigenvalue weighted by Gasteiger charge is -2.29. The number of nitrogens with zero attached hydrogens (tertiary/aromatic N) is 1. The number of nitrogens with two attached hydrogens (primary N) is 1. The molecule has 2 atom stereocenters. The van der Waals surface area contributed by atoms with Crippen molar-refractivity contribution in [1.82, 2.24) is 4.90 Å². The van der Waals surface area contributed by atoms with Gasteiger partial charge in [0.1, 0.15) is 5.25 Å². The number of hydrogen-bond donors (Lipinski definition) is 1. The Morgan fingerprint density at radius 2 is 1.89 bits per heavy atom. The zero-order valence-electron chi connectivity index (χ0n) is 11.0. The molecule has 106 valence electrons. The number of carbonyl (C=O) groups excluding carboxylic acids is 1. The third-order valence-corrected chi connectivity index (χ3v) is 5.15. The van der Waals surface area contributed by atoms with E-state index in [1.54, 1.807) is 11.8 Å². The molecule has 0 aromatic rings. The van der Waals surface area contributed by atoms with Crippen LogP contribution in [0.1, 0.15) is 20.3 Å². The van der Waals surface area contributed by atoms with E-state index in [0.29, 0.717) is 32.7 Å². The van der Waals surface area contributed by atoms with E-state index < -0.39 is 15.1 Å². The normalized spacial score (nSPS) is 20.5. The fraction of sp³-hybridized carbons (Fsp3) is 0.909. The van der Waals surface area contributed by atoms with Crippen LogP contribution in [0, 0.1) is 0 Å². The van der Waals surface area contributed by atoms with Gasteiger partial charge in [0.2, 0.25) is 5.91 Å². The molecule has 0 aromatic carbocycles. The third kappa shape index (κ3) is 4.22. The fourth-order valence-corrected chi connectivity index (χ4v) is 3.23. The molecule has 1 heterocycles. The van der Waals surface area contributed by atoms with E-state index in [0.717, 1.165) is 0 Å². The Bertz CT molecular complexity index is 375.